The number of nitrogens with one attached hydrogen (secondary N) is 1. The predicted octanol–water partition coefficient (Wildman–Crippen LogP) is 2.69. The smallest absolute Gasteiger partial charge is 0.227 e. The molecule has 2 aliphatic heterocycles. The Morgan fingerprint density at radius 1 is 1.16 bits per heavy atom. The molecule has 32 heavy (non-hydrogen) atoms. The molecule has 0 radical (unpaired) electrons. The summed E-state index contributed by atoms with van der Waals surface area (Å²) in [5.74, 6) is 0.304. The Balaban J connectivity index is 1.55. The number of aromatic nitrogens is 2. The molecule has 0 bridgehead atoms. The Labute approximate surface area is 190 Å². The van der Waals surface area contributed by atoms with E-state index < -0.39 is 0 Å². The number of rotatable bonds is 6. The number of carbonyl (C=O) groups excluding carboxylic acids is 2. The maximum absolute atomic E-state index is 13.1. The maximum Gasteiger partial charge on any atom is 0.227 e. The average Bonchev–Trinajstić information content (AvgIpc) is 3.44. The maximum atomic E-state index is 13.1. The second-order valence-corrected chi connectivity index (χ2v) is 9.32. The van der Waals surface area contributed by atoms with Crippen LogP contribution in [0.4, 0.5) is 5.95 Å². The summed E-state index contributed by atoms with van der Waals surface area (Å²) in [6, 6.07) is 9.97. The molecule has 0 unspecified atom stereocenters. The minimum Gasteiger partial charge on any atom is -0.354 e. The summed E-state index contributed by atoms with van der Waals surface area (Å²) in [6.45, 7) is 8.78. The molecule has 1 N–H and O–H groups in total. The van der Waals surface area contributed by atoms with Crippen molar-refractivity contribution in [3.63, 3.8) is 0 Å². The summed E-state index contributed by atoms with van der Waals surface area (Å²) < 4.78 is 0. The van der Waals surface area contributed by atoms with Crippen molar-refractivity contribution in [2.24, 2.45) is 5.92 Å². The van der Waals surface area contributed by atoms with E-state index in [0.717, 1.165) is 48.7 Å². The largest absolute Gasteiger partial charge is 0.354 e. The fourth-order valence-corrected chi connectivity index (χ4v) is 4.71. The Hall–Kier alpha value is -2.96. The minimum absolute atomic E-state index is 0.0165. The standard InChI is InChI=1S/C25H33N5O2/c1-17(2)27-24(32)21-16-30(23(31)14-19-8-6-7-18(3)13-19)15-20(21)22-9-10-26-25(28-22)29-11-4-5-12-29/h6-10,13,17,20-21H,4-5,11-12,14-16H2,1-3H3,(H,27,32)/t20-,21-/m0/s1. The molecular formula is C25H33N5O2. The van der Waals surface area contributed by atoms with E-state index >= 15 is 0 Å². The third-order valence-electron chi connectivity index (χ3n) is 6.31. The highest BCUT2D eigenvalue weighted by atomic mass is 16.2. The highest BCUT2D eigenvalue weighted by molar-refractivity contribution is 5.84. The summed E-state index contributed by atoms with van der Waals surface area (Å²) >= 11 is 0. The zero-order valence-electron chi connectivity index (χ0n) is 19.3. The summed E-state index contributed by atoms with van der Waals surface area (Å²) in [4.78, 5) is 39.5. The van der Waals surface area contributed by atoms with Crippen LogP contribution < -0.4 is 10.2 Å². The van der Waals surface area contributed by atoms with Crippen molar-refractivity contribution in [3.05, 3.63) is 53.3 Å². The van der Waals surface area contributed by atoms with Crippen LogP contribution in [0.5, 0.6) is 0 Å². The predicted molar refractivity (Wildman–Crippen MR) is 124 cm³/mol. The van der Waals surface area contributed by atoms with Crippen LogP contribution in [-0.4, -0.2) is 58.9 Å². The molecule has 4 rings (SSSR count). The lowest BCUT2D eigenvalue weighted by molar-refractivity contribution is -0.130. The molecule has 2 atom stereocenters. The van der Waals surface area contributed by atoms with Crippen molar-refractivity contribution in [3.8, 4) is 0 Å². The zero-order valence-corrected chi connectivity index (χ0v) is 19.3. The highest BCUT2D eigenvalue weighted by Gasteiger charge is 2.41. The van der Waals surface area contributed by atoms with Gasteiger partial charge in [-0.3, -0.25) is 9.59 Å². The molecule has 1 aromatic heterocycles. The van der Waals surface area contributed by atoms with Gasteiger partial charge in [-0.2, -0.15) is 0 Å². The van der Waals surface area contributed by atoms with Gasteiger partial charge in [-0.25, -0.2) is 9.97 Å². The Kier molecular flexibility index (Phi) is 6.72. The first kappa shape index (κ1) is 22.2. The number of carbonyl (C=O) groups is 2. The lowest BCUT2D eigenvalue weighted by atomic mass is 9.91. The van der Waals surface area contributed by atoms with Gasteiger partial charge in [0, 0.05) is 44.3 Å². The first-order valence-electron chi connectivity index (χ1n) is 11.6. The molecule has 2 amide bonds. The van der Waals surface area contributed by atoms with Crippen molar-refractivity contribution in [2.45, 2.75) is 52.0 Å². The lowest BCUT2D eigenvalue weighted by Crippen LogP contribution is -2.39. The van der Waals surface area contributed by atoms with Gasteiger partial charge in [0.25, 0.3) is 0 Å². The van der Waals surface area contributed by atoms with Gasteiger partial charge in [0.1, 0.15) is 0 Å². The van der Waals surface area contributed by atoms with E-state index in [1.165, 1.54) is 0 Å². The third-order valence-corrected chi connectivity index (χ3v) is 6.31. The van der Waals surface area contributed by atoms with E-state index in [2.05, 4.69) is 15.2 Å². The molecule has 0 saturated carbocycles. The second kappa shape index (κ2) is 9.67. The lowest BCUT2D eigenvalue weighted by Gasteiger charge is -2.21. The molecule has 3 heterocycles. The zero-order chi connectivity index (χ0) is 22.7. The molecule has 1 aromatic carbocycles. The molecule has 7 nitrogen and oxygen atoms in total. The van der Waals surface area contributed by atoms with Gasteiger partial charge < -0.3 is 15.1 Å². The Morgan fingerprint density at radius 3 is 2.66 bits per heavy atom. The molecular weight excluding hydrogens is 402 g/mol. The van der Waals surface area contributed by atoms with E-state index in [9.17, 15) is 9.59 Å². The fourth-order valence-electron chi connectivity index (χ4n) is 4.71. The van der Waals surface area contributed by atoms with Crippen LogP contribution in [0.3, 0.4) is 0 Å². The Bertz CT molecular complexity index is 970. The third kappa shape index (κ3) is 5.09. The van der Waals surface area contributed by atoms with E-state index in [-0.39, 0.29) is 29.7 Å². The quantitative estimate of drug-likeness (QED) is 0.755. The van der Waals surface area contributed by atoms with Crippen LogP contribution in [0.15, 0.2) is 36.5 Å². The molecule has 2 aliphatic rings. The molecule has 170 valence electrons. The SMILES string of the molecule is Cc1cccc(CC(=O)N2C[C@H](C(=O)NC(C)C)[C@@H](c3ccnc(N4CCCC4)n3)C2)c1. The number of hydrogen-bond donors (Lipinski definition) is 1. The summed E-state index contributed by atoms with van der Waals surface area (Å²) in [5.41, 5.74) is 2.98. The van der Waals surface area contributed by atoms with Gasteiger partial charge in [0.05, 0.1) is 18.0 Å². The van der Waals surface area contributed by atoms with Crippen molar-refractivity contribution in [1.29, 1.82) is 0 Å². The van der Waals surface area contributed by atoms with Crippen molar-refractivity contribution < 1.29 is 9.59 Å². The van der Waals surface area contributed by atoms with Gasteiger partial charge in [-0.1, -0.05) is 29.8 Å². The first-order valence-corrected chi connectivity index (χ1v) is 11.6. The average molecular weight is 436 g/mol. The molecule has 2 fully saturated rings. The van der Waals surface area contributed by atoms with Crippen LogP contribution in [0.25, 0.3) is 0 Å². The number of anilines is 1. The number of benzene rings is 1. The number of aryl methyl sites for hydroxylation is 1. The molecule has 2 aromatic rings. The molecule has 7 heteroatoms. The van der Waals surface area contributed by atoms with Crippen molar-refractivity contribution >= 4 is 17.8 Å². The highest BCUT2D eigenvalue weighted by Crippen LogP contribution is 2.33. The number of likely N-dealkylation sites (tertiary alicyclic amines) is 1. The summed E-state index contributed by atoms with van der Waals surface area (Å²) in [5, 5.41) is 3.04. The normalized spacial score (nSPS) is 20.8. The van der Waals surface area contributed by atoms with Gasteiger partial charge in [-0.15, -0.1) is 0 Å². The minimum atomic E-state index is -0.319. The number of nitrogens with zero attached hydrogens (tertiary/aromatic N) is 4. The van der Waals surface area contributed by atoms with Crippen LogP contribution in [-0.2, 0) is 16.0 Å². The summed E-state index contributed by atoms with van der Waals surface area (Å²) in [6.07, 6.45) is 4.43. The van der Waals surface area contributed by atoms with Crippen LogP contribution in [0, 0.1) is 12.8 Å². The van der Waals surface area contributed by atoms with Crippen LogP contribution in [0.1, 0.15) is 49.4 Å². The Morgan fingerprint density at radius 2 is 1.94 bits per heavy atom. The second-order valence-electron chi connectivity index (χ2n) is 9.32. The van der Waals surface area contributed by atoms with Gasteiger partial charge in [0.2, 0.25) is 17.8 Å². The van der Waals surface area contributed by atoms with Gasteiger partial charge in [-0.05, 0) is 45.2 Å². The van der Waals surface area contributed by atoms with E-state index in [0.29, 0.717) is 19.5 Å². The van der Waals surface area contributed by atoms with Crippen LogP contribution in [0.2, 0.25) is 0 Å². The van der Waals surface area contributed by atoms with E-state index in [4.69, 9.17) is 4.98 Å². The van der Waals surface area contributed by atoms with Gasteiger partial charge in [0.15, 0.2) is 0 Å². The number of amides is 2. The first-order chi connectivity index (χ1) is 15.4. The molecule has 2 saturated heterocycles. The van der Waals surface area contributed by atoms with Gasteiger partial charge >= 0.3 is 0 Å². The van der Waals surface area contributed by atoms with E-state index in [1.807, 2.05) is 56.0 Å². The molecule has 0 aliphatic carbocycles. The monoisotopic (exact) mass is 435 g/mol. The van der Waals surface area contributed by atoms with E-state index in [1.54, 1.807) is 6.20 Å². The van der Waals surface area contributed by atoms with Crippen molar-refractivity contribution in [2.75, 3.05) is 31.1 Å². The van der Waals surface area contributed by atoms with Crippen LogP contribution >= 0.6 is 0 Å². The molecule has 0 spiro atoms. The topological polar surface area (TPSA) is 78.4 Å². The fraction of sp³-hybridized carbons (Fsp3) is 0.520. The number of hydrogen-bond acceptors (Lipinski definition) is 5. The van der Waals surface area contributed by atoms with Crippen molar-refractivity contribution in [1.82, 2.24) is 20.2 Å². The summed E-state index contributed by atoms with van der Waals surface area (Å²) in [7, 11) is 0.